The molecule has 204 valence electrons. The van der Waals surface area contributed by atoms with Gasteiger partial charge in [0.1, 0.15) is 23.3 Å². The number of nitrogens with one attached hydrogen (secondary N) is 2. The van der Waals surface area contributed by atoms with Crippen LogP contribution in [-0.2, 0) is 20.8 Å². The van der Waals surface area contributed by atoms with Crippen LogP contribution in [0.3, 0.4) is 0 Å². The summed E-state index contributed by atoms with van der Waals surface area (Å²) in [5, 5.41) is 47.8. The molecule has 1 amide bonds. The highest BCUT2D eigenvalue weighted by molar-refractivity contribution is 9.12. The van der Waals surface area contributed by atoms with Crippen molar-refractivity contribution in [2.24, 2.45) is 5.16 Å². The number of ether oxygens (including phenoxy) is 1. The summed E-state index contributed by atoms with van der Waals surface area (Å²) in [5.41, 5.74) is -1.42. The van der Waals surface area contributed by atoms with E-state index in [0.717, 1.165) is 6.20 Å². The third-order valence-electron chi connectivity index (χ3n) is 6.40. The summed E-state index contributed by atoms with van der Waals surface area (Å²) in [6.07, 6.45) is 4.75. The average molecular weight is 667 g/mol. The Morgan fingerprint density at radius 2 is 2.10 bits per heavy atom. The number of fused-ring (bicyclic) bond motifs is 1. The second kappa shape index (κ2) is 10.1. The van der Waals surface area contributed by atoms with Crippen LogP contribution >= 0.6 is 31.9 Å². The summed E-state index contributed by atoms with van der Waals surface area (Å²) in [6, 6.07) is 1.25. The fourth-order valence-electron chi connectivity index (χ4n) is 4.39. The number of halogens is 2. The number of hydrogen-bond donors (Lipinski definition) is 6. The molecule has 0 radical (unpaired) electrons. The Morgan fingerprint density at radius 3 is 2.85 bits per heavy atom. The highest BCUT2D eigenvalue weighted by Crippen LogP contribution is 2.44. The monoisotopic (exact) mass is 665 g/mol. The number of imidazole rings is 1. The second-order valence-corrected chi connectivity index (χ2v) is 10.5. The summed E-state index contributed by atoms with van der Waals surface area (Å²) >= 11 is 6.69. The molecular weight excluding hydrogens is 646 g/mol. The van der Waals surface area contributed by atoms with Gasteiger partial charge in [0.25, 0.3) is 5.91 Å². The molecule has 2 aliphatic rings. The van der Waals surface area contributed by atoms with E-state index in [1.165, 1.54) is 24.1 Å². The number of rotatable bonds is 6. The Morgan fingerprint density at radius 1 is 1.33 bits per heavy atom. The van der Waals surface area contributed by atoms with Crippen molar-refractivity contribution in [3.05, 3.63) is 61.5 Å². The van der Waals surface area contributed by atoms with Gasteiger partial charge < -0.3 is 44.9 Å². The molecule has 0 saturated heterocycles. The van der Waals surface area contributed by atoms with E-state index in [4.69, 9.17) is 9.57 Å². The van der Waals surface area contributed by atoms with Crippen molar-refractivity contribution in [2.75, 3.05) is 13.7 Å². The summed E-state index contributed by atoms with van der Waals surface area (Å²) in [7, 11) is 1.46. The van der Waals surface area contributed by atoms with Crippen molar-refractivity contribution in [3.63, 3.8) is 0 Å². The number of methoxy groups -OCH3 is 1. The van der Waals surface area contributed by atoms with E-state index in [-0.39, 0.29) is 41.0 Å². The Kier molecular flexibility index (Phi) is 6.90. The number of hydrogen-bond acceptors (Lipinski definition) is 10. The minimum atomic E-state index is -1.27. The summed E-state index contributed by atoms with van der Waals surface area (Å²) in [4.78, 5) is 37.4. The topological polar surface area (TPSA) is 192 Å². The molecule has 1 aliphatic heterocycles. The molecule has 1 aromatic carbocycles. The van der Waals surface area contributed by atoms with E-state index < -0.39 is 34.5 Å². The number of allylic oxidation sites excluding steroid dienone is 1. The third kappa shape index (κ3) is 4.55. The molecule has 0 saturated carbocycles. The average Bonchev–Trinajstić information content (AvgIpc) is 3.55. The molecule has 39 heavy (non-hydrogen) atoms. The maximum atomic E-state index is 12.7. The molecular formula is C24H21Br2N5O8. The molecule has 0 bridgehead atoms. The summed E-state index contributed by atoms with van der Waals surface area (Å²) in [5.74, 6) is -1.43. The number of carbonyl (C=O) groups is 1. The number of nitrogens with zero attached hydrogens (tertiary/aromatic N) is 3. The maximum Gasteiger partial charge on any atom is 0.269 e. The molecule has 3 heterocycles. The molecule has 15 heteroatoms. The number of H-pyrrole nitrogens is 1. The first-order valence-corrected chi connectivity index (χ1v) is 13.0. The van der Waals surface area contributed by atoms with Crippen LogP contribution in [0.1, 0.15) is 12.1 Å². The van der Waals surface area contributed by atoms with Crippen LogP contribution in [0, 0.1) is 0 Å². The molecule has 5 rings (SSSR count). The number of aromatic amines is 1. The van der Waals surface area contributed by atoms with Crippen molar-refractivity contribution >= 4 is 54.4 Å². The molecule has 3 aromatic rings. The van der Waals surface area contributed by atoms with Gasteiger partial charge in [0.05, 0.1) is 44.7 Å². The predicted octanol–water partition coefficient (Wildman–Crippen LogP) is 1.91. The van der Waals surface area contributed by atoms with Gasteiger partial charge in [0.15, 0.2) is 17.1 Å². The highest BCUT2D eigenvalue weighted by atomic mass is 79.9. The molecule has 13 nitrogen and oxygen atoms in total. The van der Waals surface area contributed by atoms with E-state index in [2.05, 4.69) is 52.3 Å². The van der Waals surface area contributed by atoms with E-state index in [0.29, 0.717) is 26.8 Å². The lowest BCUT2D eigenvalue weighted by Gasteiger charge is -2.33. The first-order valence-electron chi connectivity index (χ1n) is 11.4. The molecule has 6 N–H and O–H groups in total. The Labute approximate surface area is 236 Å². The summed E-state index contributed by atoms with van der Waals surface area (Å²) < 4.78 is 7.56. The minimum absolute atomic E-state index is 0.0196. The smallest absolute Gasteiger partial charge is 0.269 e. The van der Waals surface area contributed by atoms with E-state index in [1.807, 2.05) is 0 Å². The zero-order valence-corrected chi connectivity index (χ0v) is 23.3. The first-order chi connectivity index (χ1) is 18.6. The minimum Gasteiger partial charge on any atom is -0.506 e. The highest BCUT2D eigenvalue weighted by Gasteiger charge is 2.50. The van der Waals surface area contributed by atoms with Gasteiger partial charge in [0, 0.05) is 37.8 Å². The second-order valence-electron chi connectivity index (χ2n) is 8.83. The van der Waals surface area contributed by atoms with E-state index >= 15 is 0 Å². The molecule has 1 aliphatic carbocycles. The van der Waals surface area contributed by atoms with Crippen molar-refractivity contribution in [1.29, 1.82) is 0 Å². The van der Waals surface area contributed by atoms with Crippen LogP contribution in [0.2, 0.25) is 0 Å². The van der Waals surface area contributed by atoms with Crippen LogP contribution in [0.15, 0.2) is 55.5 Å². The van der Waals surface area contributed by atoms with Crippen LogP contribution in [-0.4, -0.2) is 71.9 Å². The Bertz CT molecular complexity index is 1660. The van der Waals surface area contributed by atoms with E-state index in [9.17, 15) is 30.0 Å². The number of aliphatic hydroxyl groups is 1. The number of carbonyl (C=O) groups excluding carboxylic acids is 1. The lowest BCUT2D eigenvalue weighted by Crippen LogP contribution is -2.45. The SMILES string of the molecule is COC1=C(Br)[C@H](O)[C@]2(C=C1Br)CC(C(=O)NCCc1cn(-c3cc(O)c4[nH]cc(O)c(=O)c4c3O)cn1)=NO2. The van der Waals surface area contributed by atoms with Gasteiger partial charge in [-0.3, -0.25) is 9.59 Å². The van der Waals surface area contributed by atoms with Crippen molar-refractivity contribution < 1.29 is 34.8 Å². The number of aromatic nitrogens is 3. The third-order valence-corrected chi connectivity index (χ3v) is 7.78. The molecule has 2 aromatic heterocycles. The lowest BCUT2D eigenvalue weighted by molar-refractivity contribution is -0.114. The molecule has 0 fully saturated rings. The molecule has 2 atom stereocenters. The fourth-order valence-corrected chi connectivity index (χ4v) is 6.18. The van der Waals surface area contributed by atoms with Crippen LogP contribution in [0.4, 0.5) is 0 Å². The van der Waals surface area contributed by atoms with Gasteiger partial charge in [-0.1, -0.05) is 5.16 Å². The Balaban J connectivity index is 1.24. The Hall–Kier alpha value is -3.82. The largest absolute Gasteiger partial charge is 0.506 e. The van der Waals surface area contributed by atoms with Gasteiger partial charge in [-0.05, 0) is 37.9 Å². The maximum absolute atomic E-state index is 12.7. The number of benzene rings is 1. The molecule has 0 unspecified atom stereocenters. The quantitative estimate of drug-likeness (QED) is 0.213. The number of oxime groups is 1. The standard InChI is InChI=1S/C24H21Br2N5O8/c1-38-21-11(25)5-24(22(36)17(21)26)6-12(30-39-24)23(37)27-3-2-10-8-31(9-29-10)13-4-14(32)18-16(19(13)34)20(35)15(33)7-28-18/h4-5,7-9,22,32-34,36H,2-3,6H2,1H3,(H,27,37)(H,28,35)/t22-,24-/m0/s1. The van der Waals surface area contributed by atoms with Crippen molar-refractivity contribution in [3.8, 4) is 22.9 Å². The fraction of sp³-hybridized carbons (Fsp3) is 0.250. The molecule has 1 spiro atoms. The van der Waals surface area contributed by atoms with Crippen molar-refractivity contribution in [2.45, 2.75) is 24.5 Å². The summed E-state index contributed by atoms with van der Waals surface area (Å²) in [6.45, 7) is 0.184. The lowest BCUT2D eigenvalue weighted by atomic mass is 9.87. The van der Waals surface area contributed by atoms with Gasteiger partial charge in [-0.15, -0.1) is 0 Å². The van der Waals surface area contributed by atoms with Crippen molar-refractivity contribution in [1.82, 2.24) is 19.9 Å². The van der Waals surface area contributed by atoms with Crippen LogP contribution < -0.4 is 10.7 Å². The van der Waals surface area contributed by atoms with E-state index in [1.54, 1.807) is 12.3 Å². The predicted molar refractivity (Wildman–Crippen MR) is 145 cm³/mol. The van der Waals surface area contributed by atoms with Gasteiger partial charge in [-0.2, -0.15) is 0 Å². The zero-order valence-electron chi connectivity index (χ0n) is 20.1. The van der Waals surface area contributed by atoms with Crippen LogP contribution in [0.5, 0.6) is 17.2 Å². The number of aliphatic hydroxyl groups excluding tert-OH is 1. The number of phenolic OH excluding ortho intramolecular Hbond substituents is 2. The van der Waals surface area contributed by atoms with Gasteiger partial charge in [0.2, 0.25) is 5.43 Å². The number of amides is 1. The number of phenols is 2. The van der Waals surface area contributed by atoms with Gasteiger partial charge in [-0.25, -0.2) is 4.98 Å². The van der Waals surface area contributed by atoms with Gasteiger partial charge >= 0.3 is 0 Å². The van der Waals surface area contributed by atoms with Crippen LogP contribution in [0.25, 0.3) is 16.6 Å². The number of aromatic hydroxyl groups is 3. The number of pyridine rings is 1. The first kappa shape index (κ1) is 26.8. The zero-order chi connectivity index (χ0) is 28.1. The normalized spacial score (nSPS) is 20.7.